The van der Waals surface area contributed by atoms with Gasteiger partial charge in [-0.05, 0) is 43.5 Å². The van der Waals surface area contributed by atoms with Gasteiger partial charge in [-0.2, -0.15) is 0 Å². The molecule has 1 aromatic carbocycles. The van der Waals surface area contributed by atoms with Crippen LogP contribution >= 0.6 is 0 Å². The fourth-order valence-corrected chi connectivity index (χ4v) is 2.29. The van der Waals surface area contributed by atoms with E-state index in [0.29, 0.717) is 12.3 Å². The van der Waals surface area contributed by atoms with Crippen molar-refractivity contribution in [1.82, 2.24) is 5.32 Å². The molecule has 0 aliphatic carbocycles. The number of benzene rings is 1. The summed E-state index contributed by atoms with van der Waals surface area (Å²) in [5.41, 5.74) is 6.27. The van der Waals surface area contributed by atoms with Crippen molar-refractivity contribution in [2.24, 2.45) is 11.7 Å². The molecule has 1 aliphatic heterocycles. The first kappa shape index (κ1) is 15.5. The lowest BCUT2D eigenvalue weighted by Gasteiger charge is -2.21. The Labute approximate surface area is 123 Å². The predicted molar refractivity (Wildman–Crippen MR) is 77.0 cm³/mol. The summed E-state index contributed by atoms with van der Waals surface area (Å²) < 4.78 is 5.33. The van der Waals surface area contributed by atoms with Crippen LogP contribution in [0.4, 0.5) is 0 Å². The standard InChI is InChI=1S/C15H20N2O4/c16-13(14(18)19)8-10-3-5-12(6-4-10)21-15(20)11-2-1-7-17-9-11/h3-6,11,13,17H,1-2,7-9,16H2,(H,18,19)/t11?,13-/m0/s1. The first-order valence-corrected chi connectivity index (χ1v) is 7.06. The molecule has 1 saturated heterocycles. The molecule has 114 valence electrons. The number of carbonyl (C=O) groups is 2. The topological polar surface area (TPSA) is 102 Å². The van der Waals surface area contributed by atoms with E-state index in [1.54, 1.807) is 24.3 Å². The third-order valence-corrected chi connectivity index (χ3v) is 3.54. The van der Waals surface area contributed by atoms with E-state index < -0.39 is 12.0 Å². The summed E-state index contributed by atoms with van der Waals surface area (Å²) in [5.74, 6) is -0.885. The molecule has 2 atom stereocenters. The number of carbonyl (C=O) groups excluding carboxylic acids is 1. The highest BCUT2D eigenvalue weighted by Crippen LogP contribution is 2.17. The van der Waals surface area contributed by atoms with Gasteiger partial charge in [0.1, 0.15) is 11.8 Å². The largest absolute Gasteiger partial charge is 0.480 e. The molecule has 1 aliphatic rings. The Bertz CT molecular complexity index is 495. The van der Waals surface area contributed by atoms with E-state index >= 15 is 0 Å². The van der Waals surface area contributed by atoms with Crippen molar-refractivity contribution in [1.29, 1.82) is 0 Å². The average Bonchev–Trinajstić information content (AvgIpc) is 2.50. The molecular weight excluding hydrogens is 272 g/mol. The average molecular weight is 292 g/mol. The molecule has 0 aromatic heterocycles. The molecular formula is C15H20N2O4. The molecule has 21 heavy (non-hydrogen) atoms. The minimum Gasteiger partial charge on any atom is -0.480 e. The third kappa shape index (κ3) is 4.54. The minimum absolute atomic E-state index is 0.0983. The van der Waals surface area contributed by atoms with Crippen LogP contribution < -0.4 is 15.8 Å². The van der Waals surface area contributed by atoms with Gasteiger partial charge in [0.2, 0.25) is 0 Å². The molecule has 4 N–H and O–H groups in total. The summed E-state index contributed by atoms with van der Waals surface area (Å²) in [6.45, 7) is 1.60. The summed E-state index contributed by atoms with van der Waals surface area (Å²) >= 11 is 0. The van der Waals surface area contributed by atoms with Gasteiger partial charge in [0, 0.05) is 6.54 Å². The molecule has 1 heterocycles. The monoisotopic (exact) mass is 292 g/mol. The first-order chi connectivity index (χ1) is 10.1. The van der Waals surface area contributed by atoms with Gasteiger partial charge < -0.3 is 20.9 Å². The van der Waals surface area contributed by atoms with Crippen molar-refractivity contribution >= 4 is 11.9 Å². The molecule has 6 nitrogen and oxygen atoms in total. The van der Waals surface area contributed by atoms with E-state index in [4.69, 9.17) is 15.6 Å². The summed E-state index contributed by atoms with van der Waals surface area (Å²) in [5, 5.41) is 11.9. The number of carboxylic acids is 1. The molecule has 0 bridgehead atoms. The smallest absolute Gasteiger partial charge is 0.320 e. The molecule has 2 rings (SSSR count). The number of esters is 1. The fraction of sp³-hybridized carbons (Fsp3) is 0.467. The Hall–Kier alpha value is -1.92. The molecule has 1 fully saturated rings. The maximum absolute atomic E-state index is 12.0. The SMILES string of the molecule is N[C@@H](Cc1ccc(OC(=O)C2CCCNC2)cc1)C(=O)O. The van der Waals surface area contributed by atoms with Crippen LogP contribution in [0, 0.1) is 5.92 Å². The van der Waals surface area contributed by atoms with E-state index in [1.807, 2.05) is 0 Å². The highest BCUT2D eigenvalue weighted by atomic mass is 16.5. The number of piperidine rings is 1. The molecule has 0 saturated carbocycles. The fourth-order valence-electron chi connectivity index (χ4n) is 2.29. The summed E-state index contributed by atoms with van der Waals surface area (Å²) in [6.07, 6.45) is 2.07. The number of hydrogen-bond donors (Lipinski definition) is 3. The van der Waals surface area contributed by atoms with Gasteiger partial charge in [0.25, 0.3) is 0 Å². The van der Waals surface area contributed by atoms with Gasteiger partial charge in [0.15, 0.2) is 0 Å². The predicted octanol–water partition coefficient (Wildman–Crippen LogP) is 0.546. The van der Waals surface area contributed by atoms with Crippen molar-refractivity contribution < 1.29 is 19.4 Å². The Morgan fingerprint density at radius 3 is 2.67 bits per heavy atom. The van der Waals surface area contributed by atoms with Crippen molar-refractivity contribution in [2.75, 3.05) is 13.1 Å². The second kappa shape index (κ2) is 7.19. The lowest BCUT2D eigenvalue weighted by Crippen LogP contribution is -2.36. The molecule has 6 heteroatoms. The number of nitrogens with one attached hydrogen (secondary N) is 1. The van der Waals surface area contributed by atoms with Crippen LogP contribution in [-0.4, -0.2) is 36.2 Å². The van der Waals surface area contributed by atoms with Crippen molar-refractivity contribution in [3.63, 3.8) is 0 Å². The first-order valence-electron chi connectivity index (χ1n) is 7.06. The van der Waals surface area contributed by atoms with Crippen LogP contribution in [-0.2, 0) is 16.0 Å². The third-order valence-electron chi connectivity index (χ3n) is 3.54. The van der Waals surface area contributed by atoms with E-state index in [-0.39, 0.29) is 18.3 Å². The zero-order valence-corrected chi connectivity index (χ0v) is 11.7. The highest BCUT2D eigenvalue weighted by molar-refractivity contribution is 5.75. The number of rotatable bonds is 5. The number of carboxylic acid groups (broad SMARTS) is 1. The second-order valence-corrected chi connectivity index (χ2v) is 5.26. The lowest BCUT2D eigenvalue weighted by atomic mass is 10.00. The number of hydrogen-bond acceptors (Lipinski definition) is 5. The Balaban J connectivity index is 1.89. The van der Waals surface area contributed by atoms with Crippen LogP contribution in [0.2, 0.25) is 0 Å². The van der Waals surface area contributed by atoms with Gasteiger partial charge in [-0.15, -0.1) is 0 Å². The highest BCUT2D eigenvalue weighted by Gasteiger charge is 2.22. The van der Waals surface area contributed by atoms with Gasteiger partial charge >= 0.3 is 11.9 Å². The van der Waals surface area contributed by atoms with Crippen LogP contribution in [0.3, 0.4) is 0 Å². The summed E-state index contributed by atoms with van der Waals surface area (Å²) in [6, 6.07) is 5.86. The molecule has 0 spiro atoms. The van der Waals surface area contributed by atoms with Crippen molar-refractivity contribution in [3.05, 3.63) is 29.8 Å². The lowest BCUT2D eigenvalue weighted by molar-refractivity contribution is -0.140. The zero-order chi connectivity index (χ0) is 15.2. The summed E-state index contributed by atoms with van der Waals surface area (Å²) in [7, 11) is 0. The number of aliphatic carboxylic acids is 1. The van der Waals surface area contributed by atoms with Gasteiger partial charge in [0.05, 0.1) is 5.92 Å². The maximum Gasteiger partial charge on any atom is 0.320 e. The van der Waals surface area contributed by atoms with Crippen LogP contribution in [0.1, 0.15) is 18.4 Å². The van der Waals surface area contributed by atoms with E-state index in [2.05, 4.69) is 5.32 Å². The zero-order valence-electron chi connectivity index (χ0n) is 11.7. The van der Waals surface area contributed by atoms with Crippen LogP contribution in [0.5, 0.6) is 5.75 Å². The van der Waals surface area contributed by atoms with Crippen molar-refractivity contribution in [2.45, 2.75) is 25.3 Å². The number of ether oxygens (including phenoxy) is 1. The second-order valence-electron chi connectivity index (χ2n) is 5.26. The molecule has 0 amide bonds. The van der Waals surface area contributed by atoms with E-state index in [0.717, 1.165) is 24.9 Å². The van der Waals surface area contributed by atoms with E-state index in [1.165, 1.54) is 0 Å². The molecule has 1 aromatic rings. The number of nitrogens with two attached hydrogens (primary N) is 1. The normalized spacial score (nSPS) is 19.8. The summed E-state index contributed by atoms with van der Waals surface area (Å²) in [4.78, 5) is 22.7. The Kier molecular flexibility index (Phi) is 5.30. The Morgan fingerprint density at radius 1 is 1.38 bits per heavy atom. The van der Waals surface area contributed by atoms with Crippen LogP contribution in [0.25, 0.3) is 0 Å². The van der Waals surface area contributed by atoms with E-state index in [9.17, 15) is 9.59 Å². The molecule has 1 unspecified atom stereocenters. The maximum atomic E-state index is 12.0. The van der Waals surface area contributed by atoms with Crippen molar-refractivity contribution in [3.8, 4) is 5.75 Å². The minimum atomic E-state index is -1.03. The Morgan fingerprint density at radius 2 is 2.10 bits per heavy atom. The quantitative estimate of drug-likeness (QED) is 0.541. The van der Waals surface area contributed by atoms with Crippen LogP contribution in [0.15, 0.2) is 24.3 Å². The van der Waals surface area contributed by atoms with Gasteiger partial charge in [-0.1, -0.05) is 12.1 Å². The van der Waals surface area contributed by atoms with Gasteiger partial charge in [-0.3, -0.25) is 9.59 Å². The van der Waals surface area contributed by atoms with Gasteiger partial charge in [-0.25, -0.2) is 0 Å². The molecule has 0 radical (unpaired) electrons.